The molecule has 3 rings (SSSR count). The van der Waals surface area contributed by atoms with E-state index in [0.29, 0.717) is 21.8 Å². The third-order valence-electron chi connectivity index (χ3n) is 3.39. The van der Waals surface area contributed by atoms with Gasteiger partial charge < -0.3 is 5.32 Å². The molecular formula is C17H13ClN2O. The van der Waals surface area contributed by atoms with E-state index in [1.165, 1.54) is 0 Å². The standard InChI is InChI=1S/C17H13ClN2O/c1-11-14(18)8-3-9-15(11)20-17(21)13-7-2-5-12-6-4-10-19-16(12)13/h2-10H,1H3,(H,20,21). The Morgan fingerprint density at radius 1 is 1.10 bits per heavy atom. The number of halogens is 1. The van der Waals surface area contributed by atoms with E-state index in [2.05, 4.69) is 10.3 Å². The molecule has 0 radical (unpaired) electrons. The summed E-state index contributed by atoms with van der Waals surface area (Å²) >= 11 is 6.07. The van der Waals surface area contributed by atoms with Gasteiger partial charge in [-0.25, -0.2) is 0 Å². The zero-order valence-electron chi connectivity index (χ0n) is 11.4. The Labute approximate surface area is 127 Å². The molecule has 0 fully saturated rings. The van der Waals surface area contributed by atoms with E-state index in [0.717, 1.165) is 10.9 Å². The Morgan fingerprint density at radius 3 is 2.71 bits per heavy atom. The number of nitrogens with zero attached hydrogens (tertiary/aromatic N) is 1. The number of hydrogen-bond donors (Lipinski definition) is 1. The van der Waals surface area contributed by atoms with E-state index in [4.69, 9.17) is 11.6 Å². The van der Waals surface area contributed by atoms with Crippen molar-refractivity contribution < 1.29 is 4.79 Å². The van der Waals surface area contributed by atoms with Gasteiger partial charge in [0.05, 0.1) is 11.1 Å². The Bertz CT molecular complexity index is 825. The largest absolute Gasteiger partial charge is 0.322 e. The average molecular weight is 297 g/mol. The van der Waals surface area contributed by atoms with Crippen molar-refractivity contribution in [1.29, 1.82) is 0 Å². The minimum atomic E-state index is -0.190. The fourth-order valence-corrected chi connectivity index (χ4v) is 2.39. The van der Waals surface area contributed by atoms with Crippen molar-refractivity contribution in [3.05, 3.63) is 70.9 Å². The van der Waals surface area contributed by atoms with E-state index in [1.54, 1.807) is 18.3 Å². The molecule has 4 heteroatoms. The summed E-state index contributed by atoms with van der Waals surface area (Å²) in [5, 5.41) is 4.46. The molecule has 104 valence electrons. The van der Waals surface area contributed by atoms with Gasteiger partial charge in [-0.15, -0.1) is 0 Å². The summed E-state index contributed by atoms with van der Waals surface area (Å²) in [6.45, 7) is 1.87. The van der Waals surface area contributed by atoms with Crippen LogP contribution in [0.25, 0.3) is 10.9 Å². The number of benzene rings is 2. The molecule has 0 aliphatic carbocycles. The highest BCUT2D eigenvalue weighted by Gasteiger charge is 2.12. The summed E-state index contributed by atoms with van der Waals surface area (Å²) in [5.41, 5.74) is 2.80. The van der Waals surface area contributed by atoms with Gasteiger partial charge in [0.1, 0.15) is 0 Å². The van der Waals surface area contributed by atoms with Gasteiger partial charge in [0.15, 0.2) is 0 Å². The van der Waals surface area contributed by atoms with Gasteiger partial charge in [0.2, 0.25) is 0 Å². The van der Waals surface area contributed by atoms with Crippen LogP contribution in [-0.4, -0.2) is 10.9 Å². The smallest absolute Gasteiger partial charge is 0.257 e. The minimum absolute atomic E-state index is 0.190. The fraction of sp³-hybridized carbons (Fsp3) is 0.0588. The van der Waals surface area contributed by atoms with Crippen molar-refractivity contribution in [2.24, 2.45) is 0 Å². The van der Waals surface area contributed by atoms with Crippen molar-refractivity contribution in [3.8, 4) is 0 Å². The maximum absolute atomic E-state index is 12.5. The predicted octanol–water partition coefficient (Wildman–Crippen LogP) is 4.45. The van der Waals surface area contributed by atoms with Crippen molar-refractivity contribution in [1.82, 2.24) is 4.98 Å². The zero-order chi connectivity index (χ0) is 14.8. The molecule has 0 bridgehead atoms. The molecule has 0 unspecified atom stereocenters. The molecule has 0 spiro atoms. The zero-order valence-corrected chi connectivity index (χ0v) is 12.2. The second-order valence-electron chi connectivity index (χ2n) is 4.75. The molecule has 1 aromatic heterocycles. The highest BCUT2D eigenvalue weighted by Crippen LogP contribution is 2.24. The Kier molecular flexibility index (Phi) is 3.59. The molecule has 3 aromatic rings. The van der Waals surface area contributed by atoms with Crippen LogP contribution in [0.5, 0.6) is 0 Å². The van der Waals surface area contributed by atoms with Crippen LogP contribution < -0.4 is 5.32 Å². The molecule has 1 heterocycles. The van der Waals surface area contributed by atoms with Crippen LogP contribution in [0.4, 0.5) is 5.69 Å². The minimum Gasteiger partial charge on any atom is -0.322 e. The van der Waals surface area contributed by atoms with Gasteiger partial charge in [-0.1, -0.05) is 35.9 Å². The highest BCUT2D eigenvalue weighted by atomic mass is 35.5. The maximum atomic E-state index is 12.5. The first-order chi connectivity index (χ1) is 10.2. The molecule has 0 aliphatic rings. The normalized spacial score (nSPS) is 10.6. The van der Waals surface area contributed by atoms with Crippen LogP contribution in [0.2, 0.25) is 5.02 Å². The number of fused-ring (bicyclic) bond motifs is 1. The first-order valence-corrected chi connectivity index (χ1v) is 6.95. The van der Waals surface area contributed by atoms with Crippen molar-refractivity contribution >= 4 is 34.1 Å². The molecule has 1 N–H and O–H groups in total. The van der Waals surface area contributed by atoms with Crippen molar-refractivity contribution in [2.45, 2.75) is 6.92 Å². The number of pyridine rings is 1. The van der Waals surface area contributed by atoms with E-state index in [-0.39, 0.29) is 5.91 Å². The lowest BCUT2D eigenvalue weighted by Gasteiger charge is -2.10. The third kappa shape index (κ3) is 2.60. The first kappa shape index (κ1) is 13.6. The molecule has 1 amide bonds. The van der Waals surface area contributed by atoms with E-state index < -0.39 is 0 Å². The number of anilines is 1. The Balaban J connectivity index is 2.00. The second kappa shape index (κ2) is 5.54. The molecule has 21 heavy (non-hydrogen) atoms. The quantitative estimate of drug-likeness (QED) is 0.759. The monoisotopic (exact) mass is 296 g/mol. The number of hydrogen-bond acceptors (Lipinski definition) is 2. The lowest BCUT2D eigenvalue weighted by atomic mass is 10.1. The SMILES string of the molecule is Cc1c(Cl)cccc1NC(=O)c1cccc2cccnc12. The lowest BCUT2D eigenvalue weighted by molar-refractivity contribution is 0.102. The number of amides is 1. The Hall–Kier alpha value is -2.39. The third-order valence-corrected chi connectivity index (χ3v) is 3.80. The van der Waals surface area contributed by atoms with Crippen LogP contribution in [-0.2, 0) is 0 Å². The van der Waals surface area contributed by atoms with Gasteiger partial charge in [0, 0.05) is 22.3 Å². The number of carbonyl (C=O) groups is 1. The Morgan fingerprint density at radius 2 is 1.86 bits per heavy atom. The molecule has 2 aromatic carbocycles. The van der Waals surface area contributed by atoms with E-state index in [1.807, 2.05) is 43.3 Å². The van der Waals surface area contributed by atoms with Gasteiger partial charge in [-0.2, -0.15) is 0 Å². The highest BCUT2D eigenvalue weighted by molar-refractivity contribution is 6.31. The fourth-order valence-electron chi connectivity index (χ4n) is 2.22. The summed E-state index contributed by atoms with van der Waals surface area (Å²) in [4.78, 5) is 16.8. The molecule has 0 saturated heterocycles. The number of aromatic nitrogens is 1. The van der Waals surface area contributed by atoms with Crippen LogP contribution in [0, 0.1) is 6.92 Å². The molecule has 0 aliphatic heterocycles. The summed E-state index contributed by atoms with van der Waals surface area (Å²) in [6, 6.07) is 14.8. The van der Waals surface area contributed by atoms with Crippen LogP contribution in [0.3, 0.4) is 0 Å². The summed E-state index contributed by atoms with van der Waals surface area (Å²) in [7, 11) is 0. The van der Waals surface area contributed by atoms with Crippen LogP contribution >= 0.6 is 11.6 Å². The molecular weight excluding hydrogens is 284 g/mol. The topological polar surface area (TPSA) is 42.0 Å². The number of para-hydroxylation sites is 1. The van der Waals surface area contributed by atoms with E-state index in [9.17, 15) is 4.79 Å². The molecule has 0 atom stereocenters. The van der Waals surface area contributed by atoms with Gasteiger partial charge in [-0.05, 0) is 36.8 Å². The first-order valence-electron chi connectivity index (χ1n) is 6.57. The van der Waals surface area contributed by atoms with Crippen molar-refractivity contribution in [3.63, 3.8) is 0 Å². The number of rotatable bonds is 2. The second-order valence-corrected chi connectivity index (χ2v) is 5.15. The van der Waals surface area contributed by atoms with Gasteiger partial charge in [-0.3, -0.25) is 9.78 Å². The number of carbonyl (C=O) groups excluding carboxylic acids is 1. The van der Waals surface area contributed by atoms with Crippen LogP contribution in [0.15, 0.2) is 54.7 Å². The summed E-state index contributed by atoms with van der Waals surface area (Å²) < 4.78 is 0. The lowest BCUT2D eigenvalue weighted by Crippen LogP contribution is -2.13. The predicted molar refractivity (Wildman–Crippen MR) is 85.9 cm³/mol. The van der Waals surface area contributed by atoms with Crippen molar-refractivity contribution in [2.75, 3.05) is 5.32 Å². The van der Waals surface area contributed by atoms with Gasteiger partial charge >= 0.3 is 0 Å². The number of nitrogens with one attached hydrogen (secondary N) is 1. The maximum Gasteiger partial charge on any atom is 0.257 e. The average Bonchev–Trinajstić information content (AvgIpc) is 2.51. The summed E-state index contributed by atoms with van der Waals surface area (Å²) in [6.07, 6.45) is 1.68. The van der Waals surface area contributed by atoms with Crippen LogP contribution in [0.1, 0.15) is 15.9 Å². The van der Waals surface area contributed by atoms with E-state index >= 15 is 0 Å². The summed E-state index contributed by atoms with van der Waals surface area (Å²) in [5.74, 6) is -0.190. The van der Waals surface area contributed by atoms with Gasteiger partial charge in [0.25, 0.3) is 5.91 Å². The molecule has 3 nitrogen and oxygen atoms in total. The molecule has 0 saturated carbocycles.